The van der Waals surface area contributed by atoms with E-state index in [-0.39, 0.29) is 11.4 Å². The second-order valence-electron chi connectivity index (χ2n) is 7.11. The van der Waals surface area contributed by atoms with Gasteiger partial charge in [-0.3, -0.25) is 15.2 Å². The number of thioether (sulfide) groups is 1. The molecule has 0 saturated heterocycles. The highest BCUT2D eigenvalue weighted by Crippen LogP contribution is 2.32. The van der Waals surface area contributed by atoms with E-state index in [9.17, 15) is 9.59 Å². The first kappa shape index (κ1) is 21.9. The molecule has 3 aromatic rings. The third-order valence-electron chi connectivity index (χ3n) is 4.84. The number of fused-ring (bicyclic) bond motifs is 1. The van der Waals surface area contributed by atoms with Crippen molar-refractivity contribution in [2.75, 3.05) is 0 Å². The number of carbonyl (C=O) groups is 2. The number of nitrogens with one attached hydrogen (secondary N) is 1. The van der Waals surface area contributed by atoms with Gasteiger partial charge in [0.1, 0.15) is 10.8 Å². The van der Waals surface area contributed by atoms with Crippen molar-refractivity contribution >= 4 is 61.7 Å². The predicted molar refractivity (Wildman–Crippen MR) is 134 cm³/mol. The molecule has 1 N–H and O–H groups in total. The zero-order chi connectivity index (χ0) is 23.7. The summed E-state index contributed by atoms with van der Waals surface area (Å²) in [5.74, 6) is -0.741. The van der Waals surface area contributed by atoms with Crippen LogP contribution in [0.4, 0.5) is 0 Å². The summed E-state index contributed by atoms with van der Waals surface area (Å²) in [5.41, 5.74) is 1.94. The fraction of sp³-hybridized carbons (Fsp3) is 0. The number of esters is 1. The van der Waals surface area contributed by atoms with Crippen LogP contribution in [0.1, 0.15) is 21.5 Å². The fourth-order valence-electron chi connectivity index (χ4n) is 3.19. The SMILES string of the molecule is N=C1C(=Cc2ccc(OC(=O)c3ccccc3)c(Br)c2)C(=O)N=C2SC(c3cccnc3)=NN12. The van der Waals surface area contributed by atoms with Crippen LogP contribution in [0, 0.1) is 5.41 Å². The molecule has 0 unspecified atom stereocenters. The molecule has 34 heavy (non-hydrogen) atoms. The van der Waals surface area contributed by atoms with E-state index in [4.69, 9.17) is 10.1 Å². The number of aromatic nitrogens is 1. The number of amidine groups is 2. The van der Waals surface area contributed by atoms with E-state index in [1.807, 2.05) is 12.1 Å². The zero-order valence-electron chi connectivity index (χ0n) is 17.3. The van der Waals surface area contributed by atoms with Crippen molar-refractivity contribution in [3.05, 3.63) is 99.8 Å². The maximum Gasteiger partial charge on any atom is 0.343 e. The van der Waals surface area contributed by atoms with E-state index >= 15 is 0 Å². The largest absolute Gasteiger partial charge is 0.422 e. The average Bonchev–Trinajstić information content (AvgIpc) is 3.28. The van der Waals surface area contributed by atoms with E-state index in [2.05, 4.69) is 31.0 Å². The molecule has 0 radical (unpaired) electrons. The Hall–Kier alpha value is -3.89. The van der Waals surface area contributed by atoms with Gasteiger partial charge in [0, 0.05) is 18.0 Å². The van der Waals surface area contributed by atoms with Gasteiger partial charge in [-0.25, -0.2) is 4.79 Å². The molecule has 8 nitrogen and oxygen atoms in total. The van der Waals surface area contributed by atoms with Crippen molar-refractivity contribution in [3.8, 4) is 5.75 Å². The van der Waals surface area contributed by atoms with Gasteiger partial charge in [-0.05, 0) is 75.7 Å². The molecule has 166 valence electrons. The first-order chi connectivity index (χ1) is 16.5. The highest BCUT2D eigenvalue weighted by molar-refractivity contribution is 9.10. The minimum Gasteiger partial charge on any atom is -0.422 e. The van der Waals surface area contributed by atoms with E-state index in [0.717, 1.165) is 5.56 Å². The number of hydrogen-bond acceptors (Lipinski definition) is 7. The molecule has 0 aliphatic carbocycles. The number of hydrogen-bond donors (Lipinski definition) is 1. The van der Waals surface area contributed by atoms with Gasteiger partial charge >= 0.3 is 5.97 Å². The molecule has 0 fully saturated rings. The molecule has 1 aromatic heterocycles. The average molecular weight is 532 g/mol. The molecule has 5 rings (SSSR count). The number of aliphatic imine (C=N–C) groups is 1. The van der Waals surface area contributed by atoms with Gasteiger partial charge in [0.15, 0.2) is 5.84 Å². The fourth-order valence-corrected chi connectivity index (χ4v) is 4.55. The monoisotopic (exact) mass is 531 g/mol. The molecular weight excluding hydrogens is 518 g/mol. The molecular formula is C24H14BrN5O3S. The third-order valence-corrected chi connectivity index (χ3v) is 6.42. The van der Waals surface area contributed by atoms with Crippen molar-refractivity contribution in [2.45, 2.75) is 0 Å². The van der Waals surface area contributed by atoms with E-state index < -0.39 is 11.9 Å². The van der Waals surface area contributed by atoms with Crippen LogP contribution in [-0.2, 0) is 4.79 Å². The molecule has 1 amide bonds. The van der Waals surface area contributed by atoms with Crippen LogP contribution in [0.2, 0.25) is 0 Å². The molecule has 2 aliphatic heterocycles. The number of halogens is 1. The smallest absolute Gasteiger partial charge is 0.343 e. The van der Waals surface area contributed by atoms with Crippen LogP contribution in [0.5, 0.6) is 5.75 Å². The second kappa shape index (κ2) is 9.16. The maximum atomic E-state index is 12.7. The van der Waals surface area contributed by atoms with E-state index in [1.54, 1.807) is 67.0 Å². The highest BCUT2D eigenvalue weighted by atomic mass is 79.9. The standard InChI is InChI=1S/C24H14BrN5O3S/c25-18-12-14(8-9-19(18)33-23(32)15-5-2-1-3-6-15)11-17-20(26)30-24(28-21(17)31)34-22(29-30)16-7-4-10-27-13-16/h1-13,26H. The number of carbonyl (C=O) groups excluding carboxylic acids is 2. The Morgan fingerprint density at radius 2 is 1.94 bits per heavy atom. The lowest BCUT2D eigenvalue weighted by molar-refractivity contribution is -0.114. The first-order valence-corrected chi connectivity index (χ1v) is 11.6. The minimum atomic E-state index is -0.526. The second-order valence-corrected chi connectivity index (χ2v) is 8.92. The number of pyridine rings is 1. The van der Waals surface area contributed by atoms with Crippen molar-refractivity contribution in [1.82, 2.24) is 9.99 Å². The van der Waals surface area contributed by atoms with Gasteiger partial charge < -0.3 is 4.74 Å². The first-order valence-electron chi connectivity index (χ1n) is 9.97. The molecule has 0 spiro atoms. The lowest BCUT2D eigenvalue weighted by Gasteiger charge is -2.20. The lowest BCUT2D eigenvalue weighted by Crippen LogP contribution is -2.35. The summed E-state index contributed by atoms with van der Waals surface area (Å²) in [6, 6.07) is 17.3. The van der Waals surface area contributed by atoms with Crippen LogP contribution in [0.15, 0.2) is 93.2 Å². The van der Waals surface area contributed by atoms with Gasteiger partial charge in [-0.2, -0.15) is 15.1 Å². The molecule has 2 aliphatic rings. The Kier molecular flexibility index (Phi) is 5.91. The molecule has 3 heterocycles. The quantitative estimate of drug-likeness (QED) is 0.296. The molecule has 0 saturated carbocycles. The Bertz CT molecular complexity index is 1420. The molecule has 2 aromatic carbocycles. The van der Waals surface area contributed by atoms with Crippen LogP contribution >= 0.6 is 27.7 Å². The number of rotatable bonds is 4. The Morgan fingerprint density at radius 1 is 1.12 bits per heavy atom. The van der Waals surface area contributed by atoms with E-state index in [0.29, 0.717) is 31.6 Å². The summed E-state index contributed by atoms with van der Waals surface area (Å²) in [4.78, 5) is 33.2. The van der Waals surface area contributed by atoms with Gasteiger partial charge in [-0.1, -0.05) is 24.3 Å². The molecule has 0 bridgehead atoms. The third kappa shape index (κ3) is 4.33. The highest BCUT2D eigenvalue weighted by Gasteiger charge is 2.36. The number of hydrazone groups is 1. The van der Waals surface area contributed by atoms with Gasteiger partial charge in [-0.15, -0.1) is 0 Å². The molecule has 0 atom stereocenters. The van der Waals surface area contributed by atoms with Crippen molar-refractivity contribution in [2.24, 2.45) is 10.1 Å². The summed E-state index contributed by atoms with van der Waals surface area (Å²) < 4.78 is 5.98. The van der Waals surface area contributed by atoms with Crippen molar-refractivity contribution in [3.63, 3.8) is 0 Å². The van der Waals surface area contributed by atoms with Crippen molar-refractivity contribution < 1.29 is 14.3 Å². The van der Waals surface area contributed by atoms with Gasteiger partial charge in [0.2, 0.25) is 5.17 Å². The molecule has 10 heteroatoms. The minimum absolute atomic E-state index is 0.0721. The number of benzene rings is 2. The summed E-state index contributed by atoms with van der Waals surface area (Å²) in [6.07, 6.45) is 4.88. The number of ether oxygens (including phenoxy) is 1. The summed E-state index contributed by atoms with van der Waals surface area (Å²) in [6.45, 7) is 0. The van der Waals surface area contributed by atoms with Crippen LogP contribution in [0.25, 0.3) is 6.08 Å². The number of amides is 1. The van der Waals surface area contributed by atoms with Crippen LogP contribution in [0.3, 0.4) is 0 Å². The van der Waals surface area contributed by atoms with Gasteiger partial charge in [0.05, 0.1) is 15.6 Å². The Balaban J connectivity index is 1.38. The van der Waals surface area contributed by atoms with Gasteiger partial charge in [0.25, 0.3) is 5.91 Å². The summed E-state index contributed by atoms with van der Waals surface area (Å²) in [5, 5.41) is 15.2. The van der Waals surface area contributed by atoms with Crippen LogP contribution < -0.4 is 4.74 Å². The van der Waals surface area contributed by atoms with Crippen molar-refractivity contribution in [1.29, 1.82) is 5.41 Å². The topological polar surface area (TPSA) is 108 Å². The maximum absolute atomic E-state index is 12.7. The Labute approximate surface area is 206 Å². The summed E-state index contributed by atoms with van der Waals surface area (Å²) in [7, 11) is 0. The predicted octanol–water partition coefficient (Wildman–Crippen LogP) is 4.73. The zero-order valence-corrected chi connectivity index (χ0v) is 19.7. The normalized spacial score (nSPS) is 16.3. The van der Waals surface area contributed by atoms with E-state index in [1.165, 1.54) is 16.8 Å². The number of nitrogens with zero attached hydrogens (tertiary/aromatic N) is 4. The Morgan fingerprint density at radius 3 is 2.68 bits per heavy atom. The lowest BCUT2D eigenvalue weighted by atomic mass is 10.1. The summed E-state index contributed by atoms with van der Waals surface area (Å²) >= 11 is 4.62. The van der Waals surface area contributed by atoms with Crippen LogP contribution in [-0.4, -0.2) is 37.9 Å².